The highest BCUT2D eigenvalue weighted by Gasteiger charge is 2.17. The molecule has 0 unspecified atom stereocenters. The van der Waals surface area contributed by atoms with E-state index in [9.17, 15) is 0 Å². The molecule has 4 nitrogen and oxygen atoms in total. The summed E-state index contributed by atoms with van der Waals surface area (Å²) in [7, 11) is 2.28. The summed E-state index contributed by atoms with van der Waals surface area (Å²) < 4.78 is 0. The third-order valence-corrected chi connectivity index (χ3v) is 3.91. The number of hydrogen-bond donors (Lipinski definition) is 2. The molecular weight excluding hydrogens is 248 g/mol. The van der Waals surface area contributed by atoms with E-state index in [1.54, 1.807) is 0 Å². The summed E-state index contributed by atoms with van der Waals surface area (Å²) in [5, 5.41) is 6.65. The molecule has 118 valence electrons. The second-order valence-corrected chi connectivity index (χ2v) is 6.19. The average molecular weight is 282 g/mol. The van der Waals surface area contributed by atoms with Gasteiger partial charge in [-0.05, 0) is 53.6 Å². The Morgan fingerprint density at radius 3 is 2.55 bits per heavy atom. The van der Waals surface area contributed by atoms with Crippen LogP contribution in [0.5, 0.6) is 0 Å². The van der Waals surface area contributed by atoms with Gasteiger partial charge >= 0.3 is 0 Å². The number of guanidine groups is 1. The Labute approximate surface area is 125 Å². The van der Waals surface area contributed by atoms with Gasteiger partial charge in [0.1, 0.15) is 0 Å². The predicted molar refractivity (Wildman–Crippen MR) is 88.4 cm³/mol. The normalized spacial score (nSPS) is 17.8. The summed E-state index contributed by atoms with van der Waals surface area (Å²) >= 11 is 0. The molecule has 0 aliphatic heterocycles. The lowest BCUT2D eigenvalue weighted by atomic mass is 9.94. The van der Waals surface area contributed by atoms with Crippen LogP contribution in [0.3, 0.4) is 0 Å². The minimum Gasteiger partial charge on any atom is -0.357 e. The fourth-order valence-corrected chi connectivity index (χ4v) is 2.81. The van der Waals surface area contributed by atoms with Gasteiger partial charge in [-0.25, -0.2) is 0 Å². The first-order valence-corrected chi connectivity index (χ1v) is 8.38. The predicted octanol–water partition coefficient (Wildman–Crippen LogP) is 2.60. The third-order valence-electron chi connectivity index (χ3n) is 3.91. The molecule has 1 fully saturated rings. The summed E-state index contributed by atoms with van der Waals surface area (Å²) in [5.41, 5.74) is 0. The standard InChI is InChI=1S/C16H34N4/c1-5-17-16(19-14(2)3)18-12-9-13-20(4)15-10-7-6-8-11-15/h14-15H,5-13H2,1-4H3,(H2,17,18,19). The van der Waals surface area contributed by atoms with Crippen LogP contribution in [0.1, 0.15) is 59.3 Å². The van der Waals surface area contributed by atoms with Crippen molar-refractivity contribution in [1.82, 2.24) is 15.5 Å². The number of aliphatic imine (C=N–C) groups is 1. The van der Waals surface area contributed by atoms with Crippen molar-refractivity contribution in [1.29, 1.82) is 0 Å². The molecule has 1 aliphatic carbocycles. The molecule has 1 saturated carbocycles. The second-order valence-electron chi connectivity index (χ2n) is 6.19. The molecule has 20 heavy (non-hydrogen) atoms. The van der Waals surface area contributed by atoms with Crippen LogP contribution in [0.2, 0.25) is 0 Å². The number of rotatable bonds is 7. The Bertz CT molecular complexity index is 270. The van der Waals surface area contributed by atoms with E-state index < -0.39 is 0 Å². The third kappa shape index (κ3) is 7.13. The lowest BCUT2D eigenvalue weighted by molar-refractivity contribution is 0.191. The van der Waals surface area contributed by atoms with Crippen molar-refractivity contribution < 1.29 is 0 Å². The van der Waals surface area contributed by atoms with E-state index in [0.29, 0.717) is 6.04 Å². The summed E-state index contributed by atoms with van der Waals surface area (Å²) in [4.78, 5) is 7.18. The Kier molecular flexibility index (Phi) is 8.67. The Hall–Kier alpha value is -0.770. The van der Waals surface area contributed by atoms with Gasteiger partial charge in [0.05, 0.1) is 0 Å². The lowest BCUT2D eigenvalue weighted by Gasteiger charge is -2.31. The van der Waals surface area contributed by atoms with Gasteiger partial charge in [0.2, 0.25) is 0 Å². The highest BCUT2D eigenvalue weighted by molar-refractivity contribution is 5.79. The maximum atomic E-state index is 4.64. The quantitative estimate of drug-likeness (QED) is 0.428. The molecule has 0 atom stereocenters. The zero-order valence-corrected chi connectivity index (χ0v) is 13.9. The van der Waals surface area contributed by atoms with Crippen molar-refractivity contribution >= 4 is 5.96 Å². The number of hydrogen-bond acceptors (Lipinski definition) is 2. The van der Waals surface area contributed by atoms with Gasteiger partial charge in [0.25, 0.3) is 0 Å². The largest absolute Gasteiger partial charge is 0.357 e. The van der Waals surface area contributed by atoms with E-state index in [-0.39, 0.29) is 0 Å². The summed E-state index contributed by atoms with van der Waals surface area (Å²) in [6.45, 7) is 9.37. The maximum absolute atomic E-state index is 4.64. The number of nitrogens with one attached hydrogen (secondary N) is 2. The molecule has 0 aromatic heterocycles. The van der Waals surface area contributed by atoms with Crippen LogP contribution < -0.4 is 10.6 Å². The fraction of sp³-hybridized carbons (Fsp3) is 0.938. The molecule has 1 aliphatic rings. The Balaban J connectivity index is 2.23. The maximum Gasteiger partial charge on any atom is 0.191 e. The van der Waals surface area contributed by atoms with Gasteiger partial charge in [-0.15, -0.1) is 0 Å². The topological polar surface area (TPSA) is 39.7 Å². The van der Waals surface area contributed by atoms with E-state index in [4.69, 9.17) is 0 Å². The van der Waals surface area contributed by atoms with E-state index in [1.165, 1.54) is 32.1 Å². The van der Waals surface area contributed by atoms with Crippen LogP contribution >= 0.6 is 0 Å². The highest BCUT2D eigenvalue weighted by atomic mass is 15.2. The Morgan fingerprint density at radius 2 is 1.95 bits per heavy atom. The zero-order chi connectivity index (χ0) is 14.8. The molecule has 0 saturated heterocycles. The van der Waals surface area contributed by atoms with E-state index in [1.807, 2.05) is 0 Å². The molecule has 4 heteroatoms. The SMILES string of the molecule is CCNC(=NCCCN(C)C1CCCCC1)NC(C)C. The number of nitrogens with zero attached hydrogens (tertiary/aromatic N) is 2. The lowest BCUT2D eigenvalue weighted by Crippen LogP contribution is -2.41. The van der Waals surface area contributed by atoms with Crippen LogP contribution in [-0.4, -0.2) is 49.6 Å². The van der Waals surface area contributed by atoms with Crippen molar-refractivity contribution in [3.05, 3.63) is 0 Å². The molecule has 0 amide bonds. The van der Waals surface area contributed by atoms with Gasteiger partial charge in [0, 0.05) is 25.2 Å². The molecule has 1 rings (SSSR count). The first-order valence-electron chi connectivity index (χ1n) is 8.38. The monoisotopic (exact) mass is 282 g/mol. The minimum atomic E-state index is 0.428. The van der Waals surface area contributed by atoms with Crippen molar-refractivity contribution in [2.45, 2.75) is 71.4 Å². The van der Waals surface area contributed by atoms with Gasteiger partial charge in [-0.3, -0.25) is 4.99 Å². The smallest absolute Gasteiger partial charge is 0.191 e. The van der Waals surface area contributed by atoms with Crippen LogP contribution in [0.4, 0.5) is 0 Å². The van der Waals surface area contributed by atoms with Gasteiger partial charge < -0.3 is 15.5 Å². The molecule has 0 spiro atoms. The van der Waals surface area contributed by atoms with Gasteiger partial charge in [-0.2, -0.15) is 0 Å². The molecule has 0 aromatic carbocycles. The first-order chi connectivity index (χ1) is 9.63. The van der Waals surface area contributed by atoms with Crippen molar-refractivity contribution in [2.75, 3.05) is 26.7 Å². The second kappa shape index (κ2) is 10.0. The molecule has 0 bridgehead atoms. The van der Waals surface area contributed by atoms with Gasteiger partial charge in [-0.1, -0.05) is 19.3 Å². The van der Waals surface area contributed by atoms with E-state index in [2.05, 4.69) is 48.3 Å². The van der Waals surface area contributed by atoms with Crippen LogP contribution in [0.25, 0.3) is 0 Å². The van der Waals surface area contributed by atoms with Crippen molar-refractivity contribution in [3.8, 4) is 0 Å². The van der Waals surface area contributed by atoms with E-state index in [0.717, 1.165) is 38.1 Å². The molecule has 0 heterocycles. The molecule has 0 aromatic rings. The van der Waals surface area contributed by atoms with Crippen molar-refractivity contribution in [3.63, 3.8) is 0 Å². The molecule has 2 N–H and O–H groups in total. The van der Waals surface area contributed by atoms with Crippen LogP contribution in [0, 0.1) is 0 Å². The molecule has 0 radical (unpaired) electrons. The van der Waals surface area contributed by atoms with Crippen LogP contribution in [-0.2, 0) is 0 Å². The highest BCUT2D eigenvalue weighted by Crippen LogP contribution is 2.21. The minimum absolute atomic E-state index is 0.428. The summed E-state index contributed by atoms with van der Waals surface area (Å²) in [6, 6.07) is 1.24. The Morgan fingerprint density at radius 1 is 1.25 bits per heavy atom. The zero-order valence-electron chi connectivity index (χ0n) is 13.9. The van der Waals surface area contributed by atoms with E-state index >= 15 is 0 Å². The summed E-state index contributed by atoms with van der Waals surface area (Å²) in [6.07, 6.45) is 8.17. The molecular formula is C16H34N4. The van der Waals surface area contributed by atoms with Crippen molar-refractivity contribution in [2.24, 2.45) is 4.99 Å². The average Bonchev–Trinajstić information content (AvgIpc) is 2.44. The fourth-order valence-electron chi connectivity index (χ4n) is 2.81. The first kappa shape index (κ1) is 17.3. The van der Waals surface area contributed by atoms with Crippen LogP contribution in [0.15, 0.2) is 4.99 Å². The van der Waals surface area contributed by atoms with Gasteiger partial charge in [0.15, 0.2) is 5.96 Å². The summed E-state index contributed by atoms with van der Waals surface area (Å²) in [5.74, 6) is 0.947.